The lowest BCUT2D eigenvalue weighted by Gasteiger charge is -2.13. The summed E-state index contributed by atoms with van der Waals surface area (Å²) in [7, 11) is 1.35. The van der Waals surface area contributed by atoms with Crippen molar-refractivity contribution in [1.82, 2.24) is 10.6 Å². The molecule has 0 aromatic carbocycles. The van der Waals surface area contributed by atoms with Crippen molar-refractivity contribution in [3.05, 3.63) is 22.4 Å². The highest BCUT2D eigenvalue weighted by atomic mass is 32.1. The SMILES string of the molecule is COCC(NC(=O)CCNC(=O)c1ccsc1)C(=O)O. The number of carbonyl (C=O) groups excluding carboxylic acids is 2. The molecule has 0 fully saturated rings. The molecule has 110 valence electrons. The molecule has 7 nitrogen and oxygen atoms in total. The molecular formula is C12H16N2O5S. The second-order valence-electron chi connectivity index (χ2n) is 3.93. The summed E-state index contributed by atoms with van der Waals surface area (Å²) >= 11 is 1.41. The van der Waals surface area contributed by atoms with Crippen molar-refractivity contribution in [2.45, 2.75) is 12.5 Å². The highest BCUT2D eigenvalue weighted by Crippen LogP contribution is 2.05. The van der Waals surface area contributed by atoms with Crippen molar-refractivity contribution in [2.24, 2.45) is 0 Å². The van der Waals surface area contributed by atoms with Crippen molar-refractivity contribution in [3.63, 3.8) is 0 Å². The van der Waals surface area contributed by atoms with Crippen LogP contribution in [0.25, 0.3) is 0 Å². The van der Waals surface area contributed by atoms with Gasteiger partial charge in [-0.2, -0.15) is 11.3 Å². The molecule has 0 bridgehead atoms. The Morgan fingerprint density at radius 1 is 1.45 bits per heavy atom. The molecule has 1 rings (SSSR count). The van der Waals surface area contributed by atoms with Crippen molar-refractivity contribution in [3.8, 4) is 0 Å². The minimum absolute atomic E-state index is 0.00334. The first-order valence-corrected chi connectivity index (χ1v) is 6.80. The Balaban J connectivity index is 2.29. The van der Waals surface area contributed by atoms with Crippen LogP contribution in [-0.2, 0) is 14.3 Å². The van der Waals surface area contributed by atoms with Crippen LogP contribution >= 0.6 is 11.3 Å². The number of nitrogens with one attached hydrogen (secondary N) is 2. The molecule has 0 saturated heterocycles. The van der Waals surface area contributed by atoms with Crippen LogP contribution in [-0.4, -0.2) is 49.2 Å². The van der Waals surface area contributed by atoms with Gasteiger partial charge >= 0.3 is 5.97 Å². The maximum Gasteiger partial charge on any atom is 0.328 e. The predicted octanol–water partition coefficient (Wildman–Crippen LogP) is 0.0838. The van der Waals surface area contributed by atoms with Gasteiger partial charge in [0.2, 0.25) is 5.91 Å². The zero-order valence-corrected chi connectivity index (χ0v) is 11.7. The summed E-state index contributed by atoms with van der Waals surface area (Å²) in [5.41, 5.74) is 0.540. The van der Waals surface area contributed by atoms with Crippen molar-refractivity contribution in [2.75, 3.05) is 20.3 Å². The average molecular weight is 300 g/mol. The molecule has 0 spiro atoms. The van der Waals surface area contributed by atoms with Gasteiger partial charge in [0.1, 0.15) is 0 Å². The number of hydrogen-bond donors (Lipinski definition) is 3. The lowest BCUT2D eigenvalue weighted by atomic mass is 10.3. The molecule has 1 aromatic rings. The molecule has 0 radical (unpaired) electrons. The molecular weight excluding hydrogens is 284 g/mol. The maximum absolute atomic E-state index is 11.6. The molecule has 1 unspecified atom stereocenters. The fraction of sp³-hybridized carbons (Fsp3) is 0.417. The molecule has 8 heteroatoms. The third-order valence-electron chi connectivity index (χ3n) is 2.39. The number of thiophene rings is 1. The minimum atomic E-state index is -1.16. The van der Waals surface area contributed by atoms with Gasteiger partial charge in [-0.3, -0.25) is 9.59 Å². The number of amides is 2. The Hall–Kier alpha value is -1.93. The predicted molar refractivity (Wildman–Crippen MR) is 72.7 cm³/mol. The smallest absolute Gasteiger partial charge is 0.328 e. The fourth-order valence-corrected chi connectivity index (χ4v) is 2.03. The summed E-state index contributed by atoms with van der Waals surface area (Å²) in [4.78, 5) is 33.9. The van der Waals surface area contributed by atoms with E-state index >= 15 is 0 Å². The van der Waals surface area contributed by atoms with Crippen LogP contribution < -0.4 is 10.6 Å². The van der Waals surface area contributed by atoms with E-state index in [9.17, 15) is 14.4 Å². The number of ether oxygens (including phenoxy) is 1. The molecule has 1 atom stereocenters. The first-order chi connectivity index (χ1) is 9.54. The van der Waals surface area contributed by atoms with Crippen LogP contribution in [0.4, 0.5) is 0 Å². The van der Waals surface area contributed by atoms with Gasteiger partial charge in [-0.05, 0) is 11.4 Å². The molecule has 0 saturated carbocycles. The monoisotopic (exact) mass is 300 g/mol. The summed E-state index contributed by atoms with van der Waals surface area (Å²) in [5, 5.41) is 17.2. The number of hydrogen-bond acceptors (Lipinski definition) is 5. The minimum Gasteiger partial charge on any atom is -0.480 e. The number of aliphatic carboxylic acids is 1. The maximum atomic E-state index is 11.6. The number of carboxylic acid groups (broad SMARTS) is 1. The van der Waals surface area contributed by atoms with Gasteiger partial charge in [-0.1, -0.05) is 0 Å². The van der Waals surface area contributed by atoms with E-state index in [4.69, 9.17) is 9.84 Å². The van der Waals surface area contributed by atoms with Crippen LogP contribution in [0.5, 0.6) is 0 Å². The lowest BCUT2D eigenvalue weighted by Crippen LogP contribution is -2.44. The Morgan fingerprint density at radius 2 is 2.20 bits per heavy atom. The zero-order chi connectivity index (χ0) is 15.0. The van der Waals surface area contributed by atoms with Crippen LogP contribution in [0.1, 0.15) is 16.8 Å². The highest BCUT2D eigenvalue weighted by Gasteiger charge is 2.19. The third kappa shape index (κ3) is 5.37. The van der Waals surface area contributed by atoms with Crippen molar-refractivity contribution < 1.29 is 24.2 Å². The van der Waals surface area contributed by atoms with Crippen LogP contribution in [0.2, 0.25) is 0 Å². The third-order valence-corrected chi connectivity index (χ3v) is 3.07. The van der Waals surface area contributed by atoms with Gasteiger partial charge in [0.25, 0.3) is 5.91 Å². The topological polar surface area (TPSA) is 105 Å². The summed E-state index contributed by atoms with van der Waals surface area (Å²) in [6.45, 7) is 0.0299. The first-order valence-electron chi connectivity index (χ1n) is 5.86. The standard InChI is InChI=1S/C12H16N2O5S/c1-19-6-9(12(17)18)14-10(15)2-4-13-11(16)8-3-5-20-7-8/h3,5,7,9H,2,4,6H2,1H3,(H,13,16)(H,14,15)(H,17,18). The molecule has 20 heavy (non-hydrogen) atoms. The second kappa shape index (κ2) is 8.28. The van der Waals surface area contributed by atoms with E-state index in [2.05, 4.69) is 10.6 Å². The molecule has 1 aromatic heterocycles. The molecule has 0 aliphatic rings. The van der Waals surface area contributed by atoms with Crippen LogP contribution in [0.15, 0.2) is 16.8 Å². The molecule has 0 aliphatic carbocycles. The van der Waals surface area contributed by atoms with E-state index in [-0.39, 0.29) is 25.5 Å². The van der Waals surface area contributed by atoms with E-state index in [1.54, 1.807) is 16.8 Å². The van der Waals surface area contributed by atoms with Gasteiger partial charge < -0.3 is 20.5 Å². The Morgan fingerprint density at radius 3 is 2.75 bits per heavy atom. The van der Waals surface area contributed by atoms with Crippen molar-refractivity contribution >= 4 is 29.1 Å². The van der Waals surface area contributed by atoms with Gasteiger partial charge in [-0.25, -0.2) is 4.79 Å². The largest absolute Gasteiger partial charge is 0.480 e. The van der Waals surface area contributed by atoms with E-state index in [1.165, 1.54) is 18.4 Å². The lowest BCUT2D eigenvalue weighted by molar-refractivity contribution is -0.143. The van der Waals surface area contributed by atoms with Gasteiger partial charge in [-0.15, -0.1) is 0 Å². The van der Waals surface area contributed by atoms with Crippen LogP contribution in [0.3, 0.4) is 0 Å². The van der Waals surface area contributed by atoms with E-state index in [0.29, 0.717) is 5.56 Å². The van der Waals surface area contributed by atoms with E-state index < -0.39 is 17.9 Å². The summed E-state index contributed by atoms with van der Waals surface area (Å²) in [6, 6.07) is 0.596. The summed E-state index contributed by atoms with van der Waals surface area (Å²) < 4.78 is 4.69. The van der Waals surface area contributed by atoms with Gasteiger partial charge in [0.15, 0.2) is 6.04 Å². The Labute approximate surface area is 119 Å². The van der Waals surface area contributed by atoms with E-state index in [0.717, 1.165) is 0 Å². The van der Waals surface area contributed by atoms with E-state index in [1.807, 2.05) is 0 Å². The number of methoxy groups -OCH3 is 1. The summed E-state index contributed by atoms with van der Waals surface area (Å²) in [5.74, 6) is -1.88. The first kappa shape index (κ1) is 16.1. The summed E-state index contributed by atoms with van der Waals surface area (Å²) in [6.07, 6.45) is 0.00334. The zero-order valence-electron chi connectivity index (χ0n) is 10.9. The Bertz CT molecular complexity index is 460. The molecule has 1 heterocycles. The van der Waals surface area contributed by atoms with Gasteiger partial charge in [0, 0.05) is 31.0 Å². The normalized spacial score (nSPS) is 11.7. The number of carbonyl (C=O) groups is 3. The number of rotatable bonds is 8. The molecule has 0 aliphatic heterocycles. The second-order valence-corrected chi connectivity index (χ2v) is 4.71. The van der Waals surface area contributed by atoms with Gasteiger partial charge in [0.05, 0.1) is 6.61 Å². The fourth-order valence-electron chi connectivity index (χ4n) is 1.39. The Kier molecular flexibility index (Phi) is 6.68. The average Bonchev–Trinajstić information content (AvgIpc) is 2.91. The van der Waals surface area contributed by atoms with Crippen molar-refractivity contribution in [1.29, 1.82) is 0 Å². The quantitative estimate of drug-likeness (QED) is 0.631. The highest BCUT2D eigenvalue weighted by molar-refractivity contribution is 7.08. The molecule has 3 N–H and O–H groups in total. The number of carboxylic acids is 1. The molecule has 2 amide bonds. The van der Waals surface area contributed by atoms with Crippen LogP contribution in [0, 0.1) is 0 Å².